The lowest BCUT2D eigenvalue weighted by Crippen LogP contribution is -2.01. The number of carboxylic acids is 1. The van der Waals surface area contributed by atoms with Crippen LogP contribution in [0.1, 0.15) is 38.6 Å². The number of aromatic nitrogens is 4. The highest BCUT2D eigenvalue weighted by molar-refractivity contribution is 5.89. The van der Waals surface area contributed by atoms with Gasteiger partial charge in [0.2, 0.25) is 0 Å². The summed E-state index contributed by atoms with van der Waals surface area (Å²) < 4.78 is 1.82. The van der Waals surface area contributed by atoms with Gasteiger partial charge in [0.25, 0.3) is 0 Å². The predicted molar refractivity (Wildman–Crippen MR) is 87.9 cm³/mol. The number of hydrogen-bond acceptors (Lipinski definition) is 4. The fraction of sp³-hybridized carbons (Fsp3) is 0.294. The molecule has 0 saturated heterocycles. The standard InChI is InChI=1S/C9H10O2.C8H10N4/c1-6-3-4-8(9(10)11)7(2)5-6;1-5-4-8-10-9-6(2)7(3)12(8)11-5/h3-5H,1-2H3,(H,10,11);4H,1-3H3. The average molecular weight is 312 g/mol. The first-order chi connectivity index (χ1) is 10.8. The van der Waals surface area contributed by atoms with E-state index in [1.54, 1.807) is 19.1 Å². The molecule has 1 aromatic carbocycles. The number of aryl methyl sites for hydroxylation is 5. The van der Waals surface area contributed by atoms with Gasteiger partial charge in [-0.2, -0.15) is 10.2 Å². The first kappa shape index (κ1) is 16.6. The molecule has 6 heteroatoms. The average Bonchev–Trinajstić information content (AvgIpc) is 2.85. The number of fused-ring (bicyclic) bond motifs is 1. The molecule has 2 aromatic heterocycles. The van der Waals surface area contributed by atoms with Gasteiger partial charge in [0.1, 0.15) is 0 Å². The van der Waals surface area contributed by atoms with Crippen LogP contribution in [0, 0.1) is 34.6 Å². The summed E-state index contributed by atoms with van der Waals surface area (Å²) in [5.74, 6) is -0.859. The molecule has 0 radical (unpaired) electrons. The van der Waals surface area contributed by atoms with Crippen LogP contribution >= 0.6 is 0 Å². The van der Waals surface area contributed by atoms with Crippen LogP contribution < -0.4 is 0 Å². The van der Waals surface area contributed by atoms with Gasteiger partial charge in [-0.25, -0.2) is 9.31 Å². The second-order valence-electron chi connectivity index (χ2n) is 5.55. The minimum atomic E-state index is -0.859. The molecule has 0 spiro atoms. The first-order valence-corrected chi connectivity index (χ1v) is 7.26. The number of benzene rings is 1. The Bertz CT molecular complexity index is 868. The molecule has 2 heterocycles. The summed E-state index contributed by atoms with van der Waals surface area (Å²) in [6, 6.07) is 7.21. The van der Waals surface area contributed by atoms with Crippen molar-refractivity contribution in [3.05, 3.63) is 58.0 Å². The lowest BCUT2D eigenvalue weighted by Gasteiger charge is -2.00. The number of rotatable bonds is 1. The van der Waals surface area contributed by atoms with Crippen molar-refractivity contribution in [1.82, 2.24) is 19.8 Å². The van der Waals surface area contributed by atoms with Gasteiger partial charge in [-0.15, -0.1) is 5.10 Å². The highest BCUT2D eigenvalue weighted by Crippen LogP contribution is 2.09. The highest BCUT2D eigenvalue weighted by Gasteiger charge is 2.05. The van der Waals surface area contributed by atoms with Crippen LogP contribution in [0.3, 0.4) is 0 Å². The van der Waals surface area contributed by atoms with Gasteiger partial charge in [-0.1, -0.05) is 17.7 Å². The summed E-state index contributed by atoms with van der Waals surface area (Å²) in [5.41, 5.74) is 6.05. The molecule has 3 aromatic rings. The molecule has 6 nitrogen and oxygen atoms in total. The van der Waals surface area contributed by atoms with Gasteiger partial charge in [-0.3, -0.25) is 0 Å². The van der Waals surface area contributed by atoms with E-state index < -0.39 is 5.97 Å². The Morgan fingerprint density at radius 2 is 1.74 bits per heavy atom. The van der Waals surface area contributed by atoms with E-state index in [9.17, 15) is 4.79 Å². The van der Waals surface area contributed by atoms with Gasteiger partial charge in [0.05, 0.1) is 22.6 Å². The zero-order chi connectivity index (χ0) is 17.1. The maximum absolute atomic E-state index is 10.5. The molecular formula is C17H20N4O2. The van der Waals surface area contributed by atoms with Crippen molar-refractivity contribution in [1.29, 1.82) is 0 Å². The Kier molecular flexibility index (Phi) is 4.74. The smallest absolute Gasteiger partial charge is 0.335 e. The lowest BCUT2D eigenvalue weighted by molar-refractivity contribution is 0.0696. The predicted octanol–water partition coefficient (Wildman–Crippen LogP) is 3.05. The molecule has 0 aliphatic rings. The highest BCUT2D eigenvalue weighted by atomic mass is 16.4. The third-order valence-electron chi connectivity index (χ3n) is 3.57. The third kappa shape index (κ3) is 3.71. The number of carboxylic acid groups (broad SMARTS) is 1. The Labute approximate surface area is 134 Å². The van der Waals surface area contributed by atoms with Crippen molar-refractivity contribution in [2.45, 2.75) is 34.6 Å². The van der Waals surface area contributed by atoms with E-state index in [1.165, 1.54) is 0 Å². The first-order valence-electron chi connectivity index (χ1n) is 7.26. The van der Waals surface area contributed by atoms with Crippen molar-refractivity contribution in [3.8, 4) is 0 Å². The van der Waals surface area contributed by atoms with E-state index in [4.69, 9.17) is 5.11 Å². The maximum atomic E-state index is 10.5. The van der Waals surface area contributed by atoms with E-state index >= 15 is 0 Å². The van der Waals surface area contributed by atoms with Crippen molar-refractivity contribution < 1.29 is 9.90 Å². The topological polar surface area (TPSA) is 80.4 Å². The van der Waals surface area contributed by atoms with Gasteiger partial charge in [-0.05, 0) is 46.2 Å². The Morgan fingerprint density at radius 1 is 1.04 bits per heavy atom. The zero-order valence-corrected chi connectivity index (χ0v) is 14.0. The molecular weight excluding hydrogens is 292 g/mol. The minimum absolute atomic E-state index is 0.385. The van der Waals surface area contributed by atoms with Crippen LogP contribution in [-0.2, 0) is 0 Å². The molecule has 3 rings (SSSR count). The van der Waals surface area contributed by atoms with Crippen LogP contribution in [0.15, 0.2) is 24.3 Å². The molecule has 1 N–H and O–H groups in total. The van der Waals surface area contributed by atoms with Crippen molar-refractivity contribution >= 4 is 11.6 Å². The van der Waals surface area contributed by atoms with Crippen LogP contribution in [0.5, 0.6) is 0 Å². The molecule has 0 saturated carbocycles. The fourth-order valence-electron chi connectivity index (χ4n) is 2.21. The molecule has 0 aliphatic heterocycles. The fourth-order valence-corrected chi connectivity index (χ4v) is 2.21. The van der Waals surface area contributed by atoms with Crippen molar-refractivity contribution in [2.75, 3.05) is 0 Å². The lowest BCUT2D eigenvalue weighted by atomic mass is 10.1. The molecule has 0 atom stereocenters. The van der Waals surface area contributed by atoms with E-state index in [0.717, 1.165) is 33.9 Å². The summed E-state index contributed by atoms with van der Waals surface area (Å²) in [7, 11) is 0. The molecule has 0 aliphatic carbocycles. The minimum Gasteiger partial charge on any atom is -0.478 e. The Hall–Kier alpha value is -2.76. The summed E-state index contributed by atoms with van der Waals surface area (Å²) >= 11 is 0. The molecule has 0 unspecified atom stereocenters. The van der Waals surface area contributed by atoms with Gasteiger partial charge in [0.15, 0.2) is 5.65 Å². The molecule has 0 bridgehead atoms. The maximum Gasteiger partial charge on any atom is 0.335 e. The van der Waals surface area contributed by atoms with Crippen molar-refractivity contribution in [2.24, 2.45) is 0 Å². The molecule has 120 valence electrons. The van der Waals surface area contributed by atoms with Crippen LogP contribution in [0.4, 0.5) is 0 Å². The molecule has 0 fully saturated rings. The summed E-state index contributed by atoms with van der Waals surface area (Å²) in [6.07, 6.45) is 0. The van der Waals surface area contributed by atoms with Crippen LogP contribution in [0.2, 0.25) is 0 Å². The van der Waals surface area contributed by atoms with Gasteiger partial charge >= 0.3 is 5.97 Å². The van der Waals surface area contributed by atoms with E-state index in [0.29, 0.717) is 5.56 Å². The monoisotopic (exact) mass is 312 g/mol. The second-order valence-corrected chi connectivity index (χ2v) is 5.55. The Morgan fingerprint density at radius 3 is 2.35 bits per heavy atom. The summed E-state index contributed by atoms with van der Waals surface area (Å²) in [4.78, 5) is 10.5. The van der Waals surface area contributed by atoms with Crippen molar-refractivity contribution in [3.63, 3.8) is 0 Å². The SMILES string of the molecule is Cc1cc2nnc(C)c(C)n2n1.Cc1ccc(C(=O)O)c(C)c1. The van der Waals surface area contributed by atoms with Gasteiger partial charge < -0.3 is 5.11 Å². The van der Waals surface area contributed by atoms with Crippen LogP contribution in [0.25, 0.3) is 5.65 Å². The number of aromatic carboxylic acids is 1. The van der Waals surface area contributed by atoms with E-state index in [-0.39, 0.29) is 0 Å². The normalized spacial score (nSPS) is 10.3. The molecule has 23 heavy (non-hydrogen) atoms. The van der Waals surface area contributed by atoms with E-state index in [2.05, 4.69) is 15.3 Å². The largest absolute Gasteiger partial charge is 0.478 e. The van der Waals surface area contributed by atoms with Gasteiger partial charge in [0, 0.05) is 6.07 Å². The number of carbonyl (C=O) groups is 1. The third-order valence-corrected chi connectivity index (χ3v) is 3.57. The molecule has 0 amide bonds. The number of nitrogens with zero attached hydrogens (tertiary/aromatic N) is 4. The Balaban J connectivity index is 0.000000168. The van der Waals surface area contributed by atoms with Crippen LogP contribution in [-0.4, -0.2) is 30.9 Å². The summed E-state index contributed by atoms with van der Waals surface area (Å²) in [6.45, 7) is 9.61. The zero-order valence-electron chi connectivity index (χ0n) is 14.0. The van der Waals surface area contributed by atoms with E-state index in [1.807, 2.05) is 44.3 Å². The quantitative estimate of drug-likeness (QED) is 0.747. The summed E-state index contributed by atoms with van der Waals surface area (Å²) in [5, 5.41) is 21.0. The second kappa shape index (κ2) is 6.56. The number of hydrogen-bond donors (Lipinski definition) is 1.